The second kappa shape index (κ2) is 6.22. The number of rotatable bonds is 1. The molecule has 31 heavy (non-hydrogen) atoms. The SMILES string of the molecule is CC1(C)c2c(cccc2-n2c3c([n+]4c2-c2ccccc2C4)CCCC3)C2=CCCCC21. The lowest BCUT2D eigenvalue weighted by Gasteiger charge is -2.31. The molecule has 1 aliphatic heterocycles. The Morgan fingerprint density at radius 1 is 0.935 bits per heavy atom. The lowest BCUT2D eigenvalue weighted by Crippen LogP contribution is -2.36. The summed E-state index contributed by atoms with van der Waals surface area (Å²) in [6.45, 7) is 6.04. The minimum absolute atomic E-state index is 0.180. The van der Waals surface area contributed by atoms with Crippen LogP contribution in [0.3, 0.4) is 0 Å². The van der Waals surface area contributed by atoms with Gasteiger partial charge in [-0.25, -0.2) is 4.57 Å². The third-order valence-corrected chi connectivity index (χ3v) is 8.61. The van der Waals surface area contributed by atoms with Crippen LogP contribution in [0, 0.1) is 5.92 Å². The molecule has 4 aliphatic rings. The van der Waals surface area contributed by atoms with Crippen molar-refractivity contribution in [1.29, 1.82) is 0 Å². The fraction of sp³-hybridized carbons (Fsp3) is 0.414. The van der Waals surface area contributed by atoms with Gasteiger partial charge in [0.25, 0.3) is 5.82 Å². The first-order chi connectivity index (χ1) is 15.2. The monoisotopic (exact) mass is 407 g/mol. The predicted molar refractivity (Wildman–Crippen MR) is 125 cm³/mol. The third kappa shape index (κ3) is 2.26. The first-order valence-corrected chi connectivity index (χ1v) is 12.2. The van der Waals surface area contributed by atoms with Gasteiger partial charge in [0.05, 0.1) is 5.56 Å². The number of hydrogen-bond donors (Lipinski definition) is 0. The second-order valence-corrected chi connectivity index (χ2v) is 10.6. The molecule has 0 spiro atoms. The molecule has 1 aromatic heterocycles. The molecule has 0 saturated carbocycles. The Kier molecular flexibility index (Phi) is 3.61. The summed E-state index contributed by atoms with van der Waals surface area (Å²) in [5, 5.41) is 0. The van der Waals surface area contributed by atoms with Gasteiger partial charge >= 0.3 is 0 Å². The summed E-state index contributed by atoms with van der Waals surface area (Å²) in [5.41, 5.74) is 12.4. The third-order valence-electron chi connectivity index (χ3n) is 8.61. The van der Waals surface area contributed by atoms with Crippen molar-refractivity contribution in [3.8, 4) is 17.1 Å². The normalized spacial score (nSPS) is 22.3. The molecule has 0 radical (unpaired) electrons. The fourth-order valence-electron chi connectivity index (χ4n) is 7.27. The van der Waals surface area contributed by atoms with Gasteiger partial charge in [-0.2, -0.15) is 4.57 Å². The van der Waals surface area contributed by atoms with E-state index in [1.54, 1.807) is 22.5 Å². The largest absolute Gasteiger partial charge is 0.295 e. The molecule has 0 bridgehead atoms. The van der Waals surface area contributed by atoms with Gasteiger partial charge in [-0.1, -0.05) is 50.3 Å². The Morgan fingerprint density at radius 2 is 1.77 bits per heavy atom. The Bertz CT molecular complexity index is 1270. The second-order valence-electron chi connectivity index (χ2n) is 10.6. The summed E-state index contributed by atoms with van der Waals surface area (Å²) in [6, 6.07) is 16.2. The maximum absolute atomic E-state index is 2.69. The van der Waals surface area contributed by atoms with Gasteiger partial charge in [0, 0.05) is 29.4 Å². The molecule has 2 nitrogen and oxygen atoms in total. The number of allylic oxidation sites excluding steroid dienone is 2. The molecule has 2 heterocycles. The Morgan fingerprint density at radius 3 is 2.71 bits per heavy atom. The molecule has 0 N–H and O–H groups in total. The summed E-state index contributed by atoms with van der Waals surface area (Å²) in [5.74, 6) is 2.09. The number of fused-ring (bicyclic) bond motifs is 8. The first kappa shape index (κ1) is 18.0. The summed E-state index contributed by atoms with van der Waals surface area (Å²) in [6.07, 6.45) is 11.5. The molecule has 3 aliphatic carbocycles. The molecule has 2 heteroatoms. The number of aromatic nitrogens is 2. The molecule has 0 fully saturated rings. The van der Waals surface area contributed by atoms with Crippen LogP contribution in [0.15, 0.2) is 48.5 Å². The van der Waals surface area contributed by atoms with E-state index in [0.717, 1.165) is 6.54 Å². The molecule has 0 saturated heterocycles. The molecule has 2 aromatic carbocycles. The van der Waals surface area contributed by atoms with E-state index in [0.29, 0.717) is 5.92 Å². The highest BCUT2D eigenvalue weighted by Crippen LogP contribution is 2.56. The van der Waals surface area contributed by atoms with E-state index in [1.165, 1.54) is 73.1 Å². The van der Waals surface area contributed by atoms with Crippen LogP contribution >= 0.6 is 0 Å². The van der Waals surface area contributed by atoms with E-state index in [1.807, 2.05) is 0 Å². The Labute approximate surface area is 185 Å². The van der Waals surface area contributed by atoms with E-state index >= 15 is 0 Å². The standard InChI is InChI=1S/C29H31N2/c1-29(2)23-14-6-5-12-21(23)22-13-9-17-26(27(22)29)31-25-16-8-7-15-24(25)30-18-19-10-3-4-11-20(19)28(30)31/h3-4,9-13,17,23H,5-8,14-16,18H2,1-2H3/q+1. The van der Waals surface area contributed by atoms with Crippen molar-refractivity contribution < 1.29 is 4.57 Å². The van der Waals surface area contributed by atoms with Crippen molar-refractivity contribution >= 4 is 5.57 Å². The average Bonchev–Trinajstić information content (AvgIpc) is 3.40. The van der Waals surface area contributed by atoms with Crippen LogP contribution in [0.25, 0.3) is 22.6 Å². The molecular weight excluding hydrogens is 376 g/mol. The van der Waals surface area contributed by atoms with Gasteiger partial charge in [0.2, 0.25) is 0 Å². The molecule has 156 valence electrons. The molecule has 3 aromatic rings. The zero-order valence-electron chi connectivity index (χ0n) is 18.7. The van der Waals surface area contributed by atoms with E-state index in [2.05, 4.69) is 71.5 Å². The topological polar surface area (TPSA) is 8.81 Å². The molecular formula is C29H31N2+. The quantitative estimate of drug-likeness (QED) is 0.335. The fourth-order valence-corrected chi connectivity index (χ4v) is 7.27. The van der Waals surface area contributed by atoms with Gasteiger partial charge in [0.1, 0.15) is 17.9 Å². The highest BCUT2D eigenvalue weighted by atomic mass is 15.2. The summed E-state index contributed by atoms with van der Waals surface area (Å²) < 4.78 is 5.34. The minimum atomic E-state index is 0.180. The highest BCUT2D eigenvalue weighted by Gasteiger charge is 2.48. The van der Waals surface area contributed by atoms with E-state index < -0.39 is 0 Å². The maximum atomic E-state index is 2.69. The van der Waals surface area contributed by atoms with Crippen LogP contribution in [-0.2, 0) is 24.8 Å². The summed E-state index contributed by atoms with van der Waals surface area (Å²) in [4.78, 5) is 0. The average molecular weight is 408 g/mol. The Hall–Kier alpha value is -2.61. The van der Waals surface area contributed by atoms with E-state index in [9.17, 15) is 0 Å². The van der Waals surface area contributed by atoms with Crippen LogP contribution in [0.2, 0.25) is 0 Å². The number of nitrogens with zero attached hydrogens (tertiary/aromatic N) is 2. The smallest absolute Gasteiger partial charge is 0.222 e. The van der Waals surface area contributed by atoms with Crippen molar-refractivity contribution in [1.82, 2.24) is 4.57 Å². The Balaban J connectivity index is 1.56. The minimum Gasteiger partial charge on any atom is -0.222 e. The summed E-state index contributed by atoms with van der Waals surface area (Å²) in [7, 11) is 0. The van der Waals surface area contributed by atoms with Gasteiger partial charge < -0.3 is 0 Å². The molecule has 1 unspecified atom stereocenters. The van der Waals surface area contributed by atoms with E-state index in [4.69, 9.17) is 0 Å². The predicted octanol–water partition coefficient (Wildman–Crippen LogP) is 6.15. The van der Waals surface area contributed by atoms with Gasteiger partial charge in [0.15, 0.2) is 5.69 Å². The van der Waals surface area contributed by atoms with Crippen molar-refractivity contribution in [3.05, 3.63) is 76.6 Å². The van der Waals surface area contributed by atoms with Crippen molar-refractivity contribution in [2.75, 3.05) is 0 Å². The zero-order valence-corrected chi connectivity index (χ0v) is 18.7. The van der Waals surface area contributed by atoms with Crippen LogP contribution in [0.1, 0.15) is 74.0 Å². The molecule has 0 amide bonds. The maximum Gasteiger partial charge on any atom is 0.295 e. The van der Waals surface area contributed by atoms with Gasteiger partial charge in [-0.3, -0.25) is 0 Å². The zero-order chi connectivity index (χ0) is 20.7. The van der Waals surface area contributed by atoms with Crippen molar-refractivity contribution in [2.24, 2.45) is 5.92 Å². The van der Waals surface area contributed by atoms with Crippen molar-refractivity contribution in [2.45, 2.75) is 70.8 Å². The number of hydrogen-bond acceptors (Lipinski definition) is 0. The number of imidazole rings is 1. The first-order valence-electron chi connectivity index (χ1n) is 12.2. The molecule has 7 rings (SSSR count). The van der Waals surface area contributed by atoms with Gasteiger partial charge in [-0.15, -0.1) is 0 Å². The van der Waals surface area contributed by atoms with E-state index in [-0.39, 0.29) is 5.41 Å². The van der Waals surface area contributed by atoms with Crippen molar-refractivity contribution in [3.63, 3.8) is 0 Å². The lowest BCUT2D eigenvalue weighted by atomic mass is 9.73. The number of benzene rings is 2. The van der Waals surface area contributed by atoms with Crippen LogP contribution < -0.4 is 4.57 Å². The lowest BCUT2D eigenvalue weighted by molar-refractivity contribution is -0.678. The van der Waals surface area contributed by atoms with Gasteiger partial charge in [-0.05, 0) is 61.3 Å². The summed E-state index contributed by atoms with van der Waals surface area (Å²) >= 11 is 0. The molecule has 1 atom stereocenters. The van der Waals surface area contributed by atoms with Crippen LogP contribution in [0.4, 0.5) is 0 Å². The highest BCUT2D eigenvalue weighted by molar-refractivity contribution is 5.81. The van der Waals surface area contributed by atoms with Crippen LogP contribution in [-0.4, -0.2) is 4.57 Å². The van der Waals surface area contributed by atoms with Crippen LogP contribution in [0.5, 0.6) is 0 Å².